The number of allylic oxidation sites excluding steroid dienone is 3. The van der Waals surface area contributed by atoms with Crippen molar-refractivity contribution in [2.45, 2.75) is 71.8 Å². The minimum atomic E-state index is -0.758. The predicted octanol–water partition coefficient (Wildman–Crippen LogP) is 4.32. The fourth-order valence-corrected chi connectivity index (χ4v) is 5.60. The van der Waals surface area contributed by atoms with Gasteiger partial charge in [0.15, 0.2) is 0 Å². The number of rotatable bonds is 2. The maximum atomic E-state index is 12.0. The van der Waals surface area contributed by atoms with Crippen molar-refractivity contribution >= 4 is 5.97 Å². The Hall–Kier alpha value is -1.09. The highest BCUT2D eigenvalue weighted by Gasteiger charge is 2.57. The van der Waals surface area contributed by atoms with Crippen LogP contribution in [0, 0.1) is 22.7 Å². The molecule has 0 aromatic rings. The second kappa shape index (κ2) is 5.20. The van der Waals surface area contributed by atoms with E-state index >= 15 is 0 Å². The molecule has 0 aromatic heterocycles. The second-order valence-electron chi connectivity index (χ2n) is 8.89. The van der Waals surface area contributed by atoms with E-state index in [-0.39, 0.29) is 11.3 Å². The average molecular weight is 318 g/mol. The van der Waals surface area contributed by atoms with Crippen LogP contribution in [0.4, 0.5) is 0 Å². The summed E-state index contributed by atoms with van der Waals surface area (Å²) in [4.78, 5) is 12.0. The largest absolute Gasteiger partial charge is 0.481 e. The molecule has 23 heavy (non-hydrogen) atoms. The number of carboxylic acid groups (broad SMARTS) is 1. The Kier molecular flexibility index (Phi) is 3.79. The Morgan fingerprint density at radius 1 is 1.30 bits per heavy atom. The van der Waals surface area contributed by atoms with Crippen LogP contribution in [0.15, 0.2) is 23.3 Å². The maximum absolute atomic E-state index is 12.0. The highest BCUT2D eigenvalue weighted by atomic mass is 16.4. The van der Waals surface area contributed by atoms with Gasteiger partial charge < -0.3 is 10.2 Å². The minimum Gasteiger partial charge on any atom is -0.481 e. The van der Waals surface area contributed by atoms with Gasteiger partial charge in [-0.3, -0.25) is 4.79 Å². The molecule has 0 aliphatic heterocycles. The Labute approximate surface area is 139 Å². The number of aliphatic carboxylic acids is 1. The summed E-state index contributed by atoms with van der Waals surface area (Å²) in [6, 6.07) is 0. The van der Waals surface area contributed by atoms with Gasteiger partial charge in [-0.05, 0) is 81.3 Å². The van der Waals surface area contributed by atoms with E-state index in [4.69, 9.17) is 0 Å². The van der Waals surface area contributed by atoms with Crippen LogP contribution in [0.2, 0.25) is 0 Å². The number of hydrogen-bond donors (Lipinski definition) is 2. The van der Waals surface area contributed by atoms with E-state index in [1.54, 1.807) is 0 Å². The van der Waals surface area contributed by atoms with Crippen molar-refractivity contribution in [2.75, 3.05) is 0 Å². The highest BCUT2D eigenvalue weighted by molar-refractivity contribution is 5.75. The molecular weight excluding hydrogens is 288 g/mol. The summed E-state index contributed by atoms with van der Waals surface area (Å²) >= 11 is 0. The SMILES string of the molecule is CC(C)(O)C1=CC2=CC[C@@H]3[C@](C)(CCC[C@@]3(C)C(=O)O)[C@H]2CC1. The van der Waals surface area contributed by atoms with Gasteiger partial charge in [0.1, 0.15) is 0 Å². The summed E-state index contributed by atoms with van der Waals surface area (Å²) in [7, 11) is 0. The molecule has 1 fully saturated rings. The maximum Gasteiger partial charge on any atom is 0.309 e. The third-order valence-corrected chi connectivity index (χ3v) is 7.08. The fraction of sp³-hybridized carbons (Fsp3) is 0.750. The number of carbonyl (C=O) groups is 1. The number of fused-ring (bicyclic) bond motifs is 3. The lowest BCUT2D eigenvalue weighted by Gasteiger charge is -2.57. The van der Waals surface area contributed by atoms with Gasteiger partial charge in [-0.2, -0.15) is 0 Å². The third-order valence-electron chi connectivity index (χ3n) is 7.08. The lowest BCUT2D eigenvalue weighted by Crippen LogP contribution is -2.53. The van der Waals surface area contributed by atoms with E-state index < -0.39 is 17.0 Å². The standard InChI is InChI=1S/C20H30O3/c1-18(2,23)14-7-8-15-13(12-14)6-9-16-19(15,3)10-5-11-20(16,4)17(21)22/h6,12,15-16,23H,5,7-11H2,1-4H3,(H,21,22)/t15-,16+,19+,20+/m0/s1. The number of carboxylic acids is 1. The summed E-state index contributed by atoms with van der Waals surface area (Å²) in [5.74, 6) is 0.0206. The normalized spacial score (nSPS) is 40.6. The topological polar surface area (TPSA) is 57.5 Å². The first-order valence-corrected chi connectivity index (χ1v) is 8.96. The summed E-state index contributed by atoms with van der Waals surface area (Å²) in [5.41, 5.74) is 1.15. The molecule has 0 bridgehead atoms. The van der Waals surface area contributed by atoms with Gasteiger partial charge in [-0.15, -0.1) is 0 Å². The molecule has 0 heterocycles. The molecule has 0 amide bonds. The van der Waals surface area contributed by atoms with Gasteiger partial charge in [0.2, 0.25) is 0 Å². The zero-order valence-electron chi connectivity index (χ0n) is 14.9. The zero-order valence-corrected chi connectivity index (χ0v) is 14.9. The molecular formula is C20H30O3. The molecule has 3 heteroatoms. The van der Waals surface area contributed by atoms with Crippen LogP contribution in [0.5, 0.6) is 0 Å². The van der Waals surface area contributed by atoms with E-state index in [2.05, 4.69) is 19.1 Å². The first-order valence-electron chi connectivity index (χ1n) is 8.96. The molecule has 3 aliphatic carbocycles. The van der Waals surface area contributed by atoms with Gasteiger partial charge in [0.25, 0.3) is 0 Å². The van der Waals surface area contributed by atoms with Crippen molar-refractivity contribution in [3.8, 4) is 0 Å². The van der Waals surface area contributed by atoms with Crippen LogP contribution in [-0.2, 0) is 4.79 Å². The smallest absolute Gasteiger partial charge is 0.309 e. The molecule has 128 valence electrons. The van der Waals surface area contributed by atoms with E-state index in [0.717, 1.165) is 44.1 Å². The van der Waals surface area contributed by atoms with Crippen LogP contribution in [0.1, 0.15) is 66.2 Å². The summed E-state index contributed by atoms with van der Waals surface area (Å²) < 4.78 is 0. The Bertz CT molecular complexity index is 580. The van der Waals surface area contributed by atoms with Crippen molar-refractivity contribution in [1.82, 2.24) is 0 Å². The quantitative estimate of drug-likeness (QED) is 0.797. The van der Waals surface area contributed by atoms with Crippen molar-refractivity contribution in [3.05, 3.63) is 23.3 Å². The van der Waals surface area contributed by atoms with Gasteiger partial charge in [-0.25, -0.2) is 0 Å². The number of hydrogen-bond acceptors (Lipinski definition) is 2. The fourth-order valence-electron chi connectivity index (χ4n) is 5.60. The van der Waals surface area contributed by atoms with Crippen molar-refractivity contribution in [3.63, 3.8) is 0 Å². The van der Waals surface area contributed by atoms with Crippen molar-refractivity contribution in [2.24, 2.45) is 22.7 Å². The first-order chi connectivity index (χ1) is 10.6. The van der Waals surface area contributed by atoms with Gasteiger partial charge in [0, 0.05) is 0 Å². The lowest BCUT2D eigenvalue weighted by molar-refractivity contribution is -0.162. The van der Waals surface area contributed by atoms with Crippen LogP contribution < -0.4 is 0 Å². The molecule has 0 saturated heterocycles. The monoisotopic (exact) mass is 318 g/mol. The molecule has 3 aliphatic rings. The Morgan fingerprint density at radius 2 is 2.00 bits per heavy atom. The second-order valence-corrected chi connectivity index (χ2v) is 8.89. The first kappa shape index (κ1) is 16.8. The van der Waals surface area contributed by atoms with Crippen molar-refractivity contribution < 1.29 is 15.0 Å². The summed E-state index contributed by atoms with van der Waals surface area (Å²) in [6.45, 7) is 7.99. The van der Waals surface area contributed by atoms with Gasteiger partial charge >= 0.3 is 5.97 Å². The molecule has 3 rings (SSSR count). The Morgan fingerprint density at radius 3 is 2.61 bits per heavy atom. The van der Waals surface area contributed by atoms with Crippen molar-refractivity contribution in [1.29, 1.82) is 0 Å². The third kappa shape index (κ3) is 2.48. The van der Waals surface area contributed by atoms with E-state index in [1.165, 1.54) is 5.57 Å². The predicted molar refractivity (Wildman–Crippen MR) is 91.0 cm³/mol. The van der Waals surface area contributed by atoms with Gasteiger partial charge in [-0.1, -0.05) is 25.5 Å². The van der Waals surface area contributed by atoms with E-state index in [9.17, 15) is 15.0 Å². The van der Waals surface area contributed by atoms with E-state index in [1.807, 2.05) is 20.8 Å². The van der Waals surface area contributed by atoms with E-state index in [0.29, 0.717) is 5.92 Å². The number of aliphatic hydroxyl groups is 1. The summed E-state index contributed by atoms with van der Waals surface area (Å²) in [6.07, 6.45) is 10.2. The molecule has 2 N–H and O–H groups in total. The van der Waals surface area contributed by atoms with Gasteiger partial charge in [0.05, 0.1) is 11.0 Å². The molecule has 0 radical (unpaired) electrons. The molecule has 1 saturated carbocycles. The molecule has 0 aromatic carbocycles. The minimum absolute atomic E-state index is 0.0666. The lowest BCUT2D eigenvalue weighted by atomic mass is 9.47. The van der Waals surface area contributed by atoms with Crippen LogP contribution in [0.25, 0.3) is 0 Å². The molecule has 0 unspecified atom stereocenters. The zero-order chi connectivity index (χ0) is 17.0. The average Bonchev–Trinajstić information content (AvgIpc) is 2.45. The molecule has 3 nitrogen and oxygen atoms in total. The Balaban J connectivity index is 2.00. The molecule has 4 atom stereocenters. The van der Waals surface area contributed by atoms with Crippen LogP contribution in [-0.4, -0.2) is 21.8 Å². The summed E-state index contributed by atoms with van der Waals surface area (Å²) in [5, 5.41) is 20.1. The van der Waals surface area contributed by atoms with Crippen LogP contribution in [0.3, 0.4) is 0 Å². The van der Waals surface area contributed by atoms with Crippen LogP contribution >= 0.6 is 0 Å². The highest BCUT2D eigenvalue weighted by Crippen LogP contribution is 2.62. The molecule has 0 spiro atoms.